The number of ketones is 1. The molecule has 1 aromatic carbocycles. The molecule has 0 bridgehead atoms. The Labute approximate surface area is 155 Å². The van der Waals surface area contributed by atoms with E-state index in [1.807, 2.05) is 30.3 Å². The maximum atomic E-state index is 13.1. The number of hydrogen-bond acceptors (Lipinski definition) is 4. The number of benzene rings is 1. The zero-order chi connectivity index (χ0) is 19.6. The average molecular weight is 381 g/mol. The van der Waals surface area contributed by atoms with Gasteiger partial charge in [-0.1, -0.05) is 43.2 Å². The smallest absolute Gasteiger partial charge is 0.454 e. The standard InChI is InChI=1S/C20H22F3NO3/c1-27-19(26)15(11-12-7-3-2-4-8-12)24-17-14-10-6-5-9-13(14)16(17)18(25)20(21,22)23/h2-4,7-8,13-15,24H,5-6,9-11H2,1H3. The Morgan fingerprint density at radius 1 is 1.15 bits per heavy atom. The number of carbonyl (C=O) groups is 2. The lowest BCUT2D eigenvalue weighted by atomic mass is 9.62. The SMILES string of the molecule is COC(=O)C(Cc1ccccc1)NC1=C(C(=O)C(F)(F)F)C2CCCCC12. The van der Waals surface area contributed by atoms with E-state index in [1.165, 1.54) is 7.11 Å². The minimum absolute atomic E-state index is 0.122. The molecule has 0 aromatic heterocycles. The lowest BCUT2D eigenvalue weighted by Gasteiger charge is -2.45. The summed E-state index contributed by atoms with van der Waals surface area (Å²) < 4.78 is 44.0. The number of esters is 1. The van der Waals surface area contributed by atoms with E-state index in [0.717, 1.165) is 24.8 Å². The zero-order valence-electron chi connectivity index (χ0n) is 15.0. The van der Waals surface area contributed by atoms with Gasteiger partial charge in [0.1, 0.15) is 6.04 Å². The Bertz CT molecular complexity index is 743. The van der Waals surface area contributed by atoms with Gasteiger partial charge in [0.05, 0.1) is 7.11 Å². The largest absolute Gasteiger partial charge is 0.467 e. The van der Waals surface area contributed by atoms with Crippen LogP contribution >= 0.6 is 0 Å². The van der Waals surface area contributed by atoms with Gasteiger partial charge in [0, 0.05) is 23.6 Å². The van der Waals surface area contributed by atoms with Crippen LogP contribution in [0, 0.1) is 11.8 Å². The number of fused-ring (bicyclic) bond motifs is 1. The van der Waals surface area contributed by atoms with E-state index in [2.05, 4.69) is 5.32 Å². The second kappa shape index (κ2) is 7.74. The van der Waals surface area contributed by atoms with Crippen molar-refractivity contribution in [2.24, 2.45) is 11.8 Å². The van der Waals surface area contributed by atoms with E-state index >= 15 is 0 Å². The van der Waals surface area contributed by atoms with Crippen molar-refractivity contribution in [3.8, 4) is 0 Å². The molecule has 4 nitrogen and oxygen atoms in total. The van der Waals surface area contributed by atoms with Crippen molar-refractivity contribution in [3.63, 3.8) is 0 Å². The van der Waals surface area contributed by atoms with Crippen LogP contribution in [0.15, 0.2) is 41.6 Å². The van der Waals surface area contributed by atoms with Crippen molar-refractivity contribution in [2.45, 2.75) is 44.3 Å². The lowest BCUT2D eigenvalue weighted by molar-refractivity contribution is -0.168. The van der Waals surface area contributed by atoms with Crippen molar-refractivity contribution in [2.75, 3.05) is 7.11 Å². The third-order valence-electron chi connectivity index (χ3n) is 5.40. The summed E-state index contributed by atoms with van der Waals surface area (Å²) in [5.74, 6) is -2.85. The van der Waals surface area contributed by atoms with E-state index in [4.69, 9.17) is 4.74 Å². The van der Waals surface area contributed by atoms with Crippen LogP contribution in [-0.4, -0.2) is 31.1 Å². The predicted molar refractivity (Wildman–Crippen MR) is 92.6 cm³/mol. The Balaban J connectivity index is 1.89. The molecule has 1 fully saturated rings. The van der Waals surface area contributed by atoms with Gasteiger partial charge in [-0.3, -0.25) is 4.79 Å². The summed E-state index contributed by atoms with van der Waals surface area (Å²) in [5.41, 5.74) is 0.923. The summed E-state index contributed by atoms with van der Waals surface area (Å²) in [6.45, 7) is 0. The quantitative estimate of drug-likeness (QED) is 0.766. The van der Waals surface area contributed by atoms with Crippen molar-refractivity contribution in [1.29, 1.82) is 0 Å². The number of rotatable bonds is 6. The predicted octanol–water partition coefficient (Wildman–Crippen LogP) is 3.57. The molecule has 0 heterocycles. The van der Waals surface area contributed by atoms with Crippen molar-refractivity contribution in [3.05, 3.63) is 47.2 Å². The fraction of sp³-hybridized carbons (Fsp3) is 0.500. The Morgan fingerprint density at radius 2 is 1.78 bits per heavy atom. The number of methoxy groups -OCH3 is 1. The third-order valence-corrected chi connectivity index (χ3v) is 5.40. The number of Topliss-reactive ketones (excluding diaryl/α,β-unsaturated/α-hetero) is 1. The summed E-state index contributed by atoms with van der Waals surface area (Å²) in [5, 5.41) is 2.94. The monoisotopic (exact) mass is 381 g/mol. The number of carbonyl (C=O) groups excluding carboxylic acids is 2. The molecule has 3 atom stereocenters. The van der Waals surface area contributed by atoms with Gasteiger partial charge in [0.25, 0.3) is 5.78 Å². The molecule has 2 aliphatic carbocycles. The van der Waals surface area contributed by atoms with Crippen LogP contribution in [0.2, 0.25) is 0 Å². The van der Waals surface area contributed by atoms with Gasteiger partial charge in [0.2, 0.25) is 0 Å². The van der Waals surface area contributed by atoms with E-state index in [0.29, 0.717) is 6.42 Å². The number of halogens is 3. The van der Waals surface area contributed by atoms with Crippen molar-refractivity contribution >= 4 is 11.8 Å². The Kier molecular flexibility index (Phi) is 5.58. The molecule has 2 aliphatic rings. The van der Waals surface area contributed by atoms with Gasteiger partial charge < -0.3 is 10.1 Å². The normalized spacial score (nSPS) is 23.1. The van der Waals surface area contributed by atoms with E-state index in [1.54, 1.807) is 0 Å². The summed E-state index contributed by atoms with van der Waals surface area (Å²) >= 11 is 0. The number of nitrogens with one attached hydrogen (secondary N) is 1. The molecule has 3 rings (SSSR count). The van der Waals surface area contributed by atoms with Crippen LogP contribution in [0.1, 0.15) is 31.2 Å². The molecular weight excluding hydrogens is 359 g/mol. The summed E-state index contributed by atoms with van der Waals surface area (Å²) in [7, 11) is 1.24. The fourth-order valence-corrected chi connectivity index (χ4v) is 4.13. The van der Waals surface area contributed by atoms with Crippen LogP contribution in [0.5, 0.6) is 0 Å². The highest BCUT2D eigenvalue weighted by molar-refractivity contribution is 6.02. The molecule has 3 unspecified atom stereocenters. The molecule has 27 heavy (non-hydrogen) atoms. The van der Waals surface area contributed by atoms with Gasteiger partial charge in [-0.25, -0.2) is 4.79 Å². The third kappa shape index (κ3) is 4.01. The maximum absolute atomic E-state index is 13.1. The topological polar surface area (TPSA) is 55.4 Å². The Hall–Kier alpha value is -2.31. The minimum Gasteiger partial charge on any atom is -0.467 e. The first-order chi connectivity index (χ1) is 12.8. The number of allylic oxidation sites excluding steroid dienone is 2. The molecule has 0 saturated heterocycles. The molecule has 0 amide bonds. The van der Waals surface area contributed by atoms with Crippen LogP contribution in [-0.2, 0) is 20.7 Å². The minimum atomic E-state index is -4.91. The summed E-state index contributed by atoms with van der Waals surface area (Å²) in [6.07, 6.45) is -1.63. The molecule has 0 aliphatic heterocycles. The molecule has 1 aromatic rings. The fourth-order valence-electron chi connectivity index (χ4n) is 4.13. The molecule has 7 heteroatoms. The number of ether oxygens (including phenoxy) is 1. The highest BCUT2D eigenvalue weighted by atomic mass is 19.4. The van der Waals surface area contributed by atoms with E-state index < -0.39 is 24.0 Å². The first-order valence-corrected chi connectivity index (χ1v) is 9.06. The Morgan fingerprint density at radius 3 is 2.37 bits per heavy atom. The summed E-state index contributed by atoms with van der Waals surface area (Å²) in [6, 6.07) is 8.30. The van der Waals surface area contributed by atoms with Crippen molar-refractivity contribution in [1.82, 2.24) is 5.32 Å². The second-order valence-corrected chi connectivity index (χ2v) is 7.06. The maximum Gasteiger partial charge on any atom is 0.454 e. The molecule has 0 spiro atoms. The van der Waals surface area contributed by atoms with Gasteiger partial charge in [0.15, 0.2) is 0 Å². The number of hydrogen-bond donors (Lipinski definition) is 1. The average Bonchev–Trinajstić information content (AvgIpc) is 2.64. The number of alkyl halides is 3. The second-order valence-electron chi connectivity index (χ2n) is 7.06. The van der Waals surface area contributed by atoms with E-state index in [9.17, 15) is 22.8 Å². The van der Waals surface area contributed by atoms with Gasteiger partial charge in [-0.15, -0.1) is 0 Å². The lowest BCUT2D eigenvalue weighted by Crippen LogP contribution is -2.50. The van der Waals surface area contributed by atoms with Crippen LogP contribution in [0.25, 0.3) is 0 Å². The van der Waals surface area contributed by atoms with Gasteiger partial charge in [-0.2, -0.15) is 13.2 Å². The molecule has 146 valence electrons. The van der Waals surface area contributed by atoms with E-state index in [-0.39, 0.29) is 29.5 Å². The first kappa shape index (κ1) is 19.5. The highest BCUT2D eigenvalue weighted by Gasteiger charge is 2.52. The molecule has 1 saturated carbocycles. The van der Waals surface area contributed by atoms with Gasteiger partial charge in [-0.05, 0) is 24.3 Å². The molecular formula is C20H22F3NO3. The van der Waals surface area contributed by atoms with Crippen LogP contribution < -0.4 is 5.32 Å². The van der Waals surface area contributed by atoms with Crippen molar-refractivity contribution < 1.29 is 27.5 Å². The van der Waals surface area contributed by atoms with Crippen LogP contribution in [0.4, 0.5) is 13.2 Å². The van der Waals surface area contributed by atoms with Crippen LogP contribution in [0.3, 0.4) is 0 Å². The molecule has 1 N–H and O–H groups in total. The zero-order valence-corrected chi connectivity index (χ0v) is 15.0. The highest BCUT2D eigenvalue weighted by Crippen LogP contribution is 2.50. The van der Waals surface area contributed by atoms with Gasteiger partial charge >= 0.3 is 12.1 Å². The molecule has 0 radical (unpaired) electrons. The first-order valence-electron chi connectivity index (χ1n) is 9.06. The summed E-state index contributed by atoms with van der Waals surface area (Å²) in [4.78, 5) is 24.2.